The molecule has 0 aliphatic rings. The quantitative estimate of drug-likeness (QED) is 0.328. The van der Waals surface area contributed by atoms with E-state index in [1.807, 2.05) is 12.1 Å². The molecule has 0 fully saturated rings. The molecule has 0 heterocycles. The Labute approximate surface area is 155 Å². The summed E-state index contributed by atoms with van der Waals surface area (Å²) in [6.45, 7) is 3.15. The van der Waals surface area contributed by atoms with Gasteiger partial charge in [0.1, 0.15) is 17.2 Å². The minimum Gasteiger partial charge on any atom is -0.496 e. The van der Waals surface area contributed by atoms with Crippen molar-refractivity contribution in [3.8, 4) is 17.2 Å². The van der Waals surface area contributed by atoms with Crippen LogP contribution in [0.2, 0.25) is 0 Å². The van der Waals surface area contributed by atoms with Crippen LogP contribution in [0.3, 0.4) is 0 Å². The topological polar surface area (TPSA) is 82.6 Å². The first kappa shape index (κ1) is 21.9. The predicted octanol–water partition coefficient (Wildman–Crippen LogP) is 1.43. The Morgan fingerprint density at radius 3 is 2.15 bits per heavy atom. The lowest BCUT2D eigenvalue weighted by Crippen LogP contribution is -2.37. The van der Waals surface area contributed by atoms with Crippen molar-refractivity contribution in [1.29, 1.82) is 0 Å². The first-order valence-corrected chi connectivity index (χ1v) is 8.50. The van der Waals surface area contributed by atoms with Crippen LogP contribution >= 0.6 is 0 Å². The summed E-state index contributed by atoms with van der Waals surface area (Å²) in [5.41, 5.74) is 0.890. The van der Waals surface area contributed by atoms with Crippen molar-refractivity contribution in [2.75, 3.05) is 61.9 Å². The molecule has 1 aromatic carbocycles. The third-order valence-corrected chi connectivity index (χ3v) is 3.66. The van der Waals surface area contributed by atoms with Gasteiger partial charge in [-0.3, -0.25) is 4.99 Å². The average molecular weight is 369 g/mol. The molecule has 0 atom stereocenters. The molecule has 148 valence electrons. The van der Waals surface area contributed by atoms with Crippen LogP contribution in [-0.2, 0) is 16.0 Å². The maximum Gasteiger partial charge on any atom is 0.191 e. The molecule has 1 aromatic rings. The molecule has 0 amide bonds. The zero-order valence-electron chi connectivity index (χ0n) is 16.4. The van der Waals surface area contributed by atoms with Gasteiger partial charge in [0, 0.05) is 39.4 Å². The van der Waals surface area contributed by atoms with E-state index >= 15 is 0 Å². The number of benzene rings is 1. The fourth-order valence-electron chi connectivity index (χ4n) is 2.27. The third kappa shape index (κ3) is 7.37. The Balaban J connectivity index is 2.53. The molecule has 8 heteroatoms. The van der Waals surface area contributed by atoms with Crippen molar-refractivity contribution < 1.29 is 23.7 Å². The molecule has 0 saturated heterocycles. The molecule has 8 nitrogen and oxygen atoms in total. The number of aliphatic imine (C=N–C) groups is 1. The molecular weight excluding hydrogens is 338 g/mol. The fraction of sp³-hybridized carbons (Fsp3) is 0.611. The minimum atomic E-state index is 0.500. The van der Waals surface area contributed by atoms with E-state index in [0.29, 0.717) is 49.6 Å². The maximum atomic E-state index is 5.45. The first-order valence-electron chi connectivity index (χ1n) is 8.50. The van der Waals surface area contributed by atoms with Crippen molar-refractivity contribution in [2.45, 2.75) is 13.0 Å². The van der Waals surface area contributed by atoms with E-state index in [4.69, 9.17) is 23.7 Å². The van der Waals surface area contributed by atoms with Crippen LogP contribution in [0.1, 0.15) is 12.0 Å². The largest absolute Gasteiger partial charge is 0.496 e. The van der Waals surface area contributed by atoms with E-state index in [2.05, 4.69) is 15.6 Å². The first-order chi connectivity index (χ1) is 12.7. The van der Waals surface area contributed by atoms with Crippen molar-refractivity contribution in [3.63, 3.8) is 0 Å². The molecule has 0 aromatic heterocycles. The molecule has 0 unspecified atom stereocenters. The highest BCUT2D eigenvalue weighted by molar-refractivity contribution is 5.79. The van der Waals surface area contributed by atoms with E-state index in [0.717, 1.165) is 18.5 Å². The second kappa shape index (κ2) is 13.1. The Hall–Kier alpha value is -2.19. The number of ether oxygens (including phenoxy) is 5. The van der Waals surface area contributed by atoms with Crippen LogP contribution in [-0.4, -0.2) is 67.8 Å². The Morgan fingerprint density at radius 1 is 0.923 bits per heavy atom. The third-order valence-electron chi connectivity index (χ3n) is 3.66. The van der Waals surface area contributed by atoms with Crippen LogP contribution in [0.5, 0.6) is 17.2 Å². The molecule has 0 bridgehead atoms. The normalized spacial score (nSPS) is 11.2. The smallest absolute Gasteiger partial charge is 0.191 e. The zero-order chi connectivity index (χ0) is 19.2. The van der Waals surface area contributed by atoms with Gasteiger partial charge in [0.05, 0.1) is 46.7 Å². The molecule has 0 spiro atoms. The standard InChI is InChI=1S/C18H31N3O5/c1-19-18(20-7-6-8-26-10-9-22-2)21-13-15-16(24-4)11-14(23-3)12-17(15)25-5/h11-12H,6-10,13H2,1-5H3,(H2,19,20,21). The monoisotopic (exact) mass is 369 g/mol. The molecule has 1 rings (SSSR count). The molecular formula is C18H31N3O5. The summed E-state index contributed by atoms with van der Waals surface area (Å²) >= 11 is 0. The second-order valence-corrected chi connectivity index (χ2v) is 5.32. The van der Waals surface area contributed by atoms with Gasteiger partial charge in [-0.05, 0) is 6.42 Å². The van der Waals surface area contributed by atoms with E-state index in [1.54, 1.807) is 35.5 Å². The summed E-state index contributed by atoms with van der Waals surface area (Å²) in [6, 6.07) is 3.65. The van der Waals surface area contributed by atoms with Gasteiger partial charge >= 0.3 is 0 Å². The molecule has 0 radical (unpaired) electrons. The summed E-state index contributed by atoms with van der Waals surface area (Å²) in [5.74, 6) is 2.76. The van der Waals surface area contributed by atoms with Crippen LogP contribution in [0.4, 0.5) is 0 Å². The van der Waals surface area contributed by atoms with Gasteiger partial charge in [0.2, 0.25) is 0 Å². The molecule has 0 saturated carbocycles. The minimum absolute atomic E-state index is 0.500. The lowest BCUT2D eigenvalue weighted by atomic mass is 10.1. The number of nitrogens with zero attached hydrogens (tertiary/aromatic N) is 1. The van der Waals surface area contributed by atoms with E-state index in [-0.39, 0.29) is 0 Å². The van der Waals surface area contributed by atoms with Crippen molar-refractivity contribution >= 4 is 5.96 Å². The molecule has 0 aliphatic carbocycles. The van der Waals surface area contributed by atoms with Crippen LogP contribution < -0.4 is 24.8 Å². The SMILES string of the molecule is CN=C(NCCCOCCOC)NCc1c(OC)cc(OC)cc1OC. The van der Waals surface area contributed by atoms with Crippen molar-refractivity contribution in [3.05, 3.63) is 17.7 Å². The van der Waals surface area contributed by atoms with Gasteiger partial charge in [-0.1, -0.05) is 0 Å². The number of nitrogens with one attached hydrogen (secondary N) is 2. The number of rotatable bonds is 12. The summed E-state index contributed by atoms with van der Waals surface area (Å²) in [4.78, 5) is 4.22. The van der Waals surface area contributed by atoms with Crippen LogP contribution in [0.15, 0.2) is 17.1 Å². The van der Waals surface area contributed by atoms with Crippen LogP contribution in [0, 0.1) is 0 Å². The maximum absolute atomic E-state index is 5.45. The second-order valence-electron chi connectivity index (χ2n) is 5.32. The van der Waals surface area contributed by atoms with Gasteiger partial charge in [-0.25, -0.2) is 0 Å². The van der Waals surface area contributed by atoms with E-state index in [9.17, 15) is 0 Å². The molecule has 0 aliphatic heterocycles. The lowest BCUT2D eigenvalue weighted by molar-refractivity contribution is 0.0698. The highest BCUT2D eigenvalue weighted by atomic mass is 16.5. The molecule has 26 heavy (non-hydrogen) atoms. The number of methoxy groups -OCH3 is 4. The summed E-state index contributed by atoms with van der Waals surface area (Å²) in [5, 5.41) is 6.51. The van der Waals surface area contributed by atoms with Gasteiger partial charge in [0.25, 0.3) is 0 Å². The van der Waals surface area contributed by atoms with E-state index < -0.39 is 0 Å². The van der Waals surface area contributed by atoms with Gasteiger partial charge in [-0.15, -0.1) is 0 Å². The highest BCUT2D eigenvalue weighted by Gasteiger charge is 2.13. The summed E-state index contributed by atoms with van der Waals surface area (Å²) in [6.07, 6.45) is 0.875. The zero-order valence-corrected chi connectivity index (χ0v) is 16.4. The Morgan fingerprint density at radius 2 is 1.62 bits per heavy atom. The van der Waals surface area contributed by atoms with Gasteiger partial charge in [0.15, 0.2) is 5.96 Å². The van der Waals surface area contributed by atoms with E-state index in [1.165, 1.54) is 0 Å². The van der Waals surface area contributed by atoms with Crippen LogP contribution in [0.25, 0.3) is 0 Å². The van der Waals surface area contributed by atoms with Crippen molar-refractivity contribution in [2.24, 2.45) is 4.99 Å². The summed E-state index contributed by atoms with van der Waals surface area (Å²) in [7, 11) is 8.24. The fourth-order valence-corrected chi connectivity index (χ4v) is 2.27. The van der Waals surface area contributed by atoms with Gasteiger partial charge in [-0.2, -0.15) is 0 Å². The highest BCUT2D eigenvalue weighted by Crippen LogP contribution is 2.33. The van der Waals surface area contributed by atoms with Crippen molar-refractivity contribution in [1.82, 2.24) is 10.6 Å². The van der Waals surface area contributed by atoms with Gasteiger partial charge < -0.3 is 34.3 Å². The summed E-state index contributed by atoms with van der Waals surface area (Å²) < 4.78 is 26.5. The number of hydrogen-bond donors (Lipinski definition) is 2. The predicted molar refractivity (Wildman–Crippen MR) is 102 cm³/mol. The number of guanidine groups is 1. The average Bonchev–Trinajstić information content (AvgIpc) is 2.68. The Kier molecular flexibility index (Phi) is 11.0. The number of hydrogen-bond acceptors (Lipinski definition) is 6. The lowest BCUT2D eigenvalue weighted by Gasteiger charge is -2.17. The Bertz CT molecular complexity index is 527. The molecule has 2 N–H and O–H groups in total.